The van der Waals surface area contributed by atoms with Crippen molar-refractivity contribution < 1.29 is 9.18 Å². The topological polar surface area (TPSA) is 87.5 Å². The fraction of sp³-hybridized carbons (Fsp3) is 0.241. The molecule has 0 aliphatic carbocycles. The van der Waals surface area contributed by atoms with E-state index in [1.165, 1.54) is 12.1 Å². The Balaban J connectivity index is 1.15. The van der Waals surface area contributed by atoms with Crippen LogP contribution in [-0.4, -0.2) is 49.4 Å². The molecule has 198 valence electrons. The summed E-state index contributed by atoms with van der Waals surface area (Å²) < 4.78 is 15.6. The summed E-state index contributed by atoms with van der Waals surface area (Å²) >= 11 is 1.60. The van der Waals surface area contributed by atoms with E-state index in [1.807, 2.05) is 58.8 Å². The van der Waals surface area contributed by atoms with E-state index in [9.17, 15) is 9.18 Å². The molecule has 39 heavy (non-hydrogen) atoms. The zero-order valence-corrected chi connectivity index (χ0v) is 22.3. The Morgan fingerprint density at radius 1 is 1.05 bits per heavy atom. The van der Waals surface area contributed by atoms with E-state index in [0.29, 0.717) is 25.6 Å². The number of halogens is 1. The lowest BCUT2D eigenvalue weighted by atomic mass is 10.1. The normalized spacial score (nSPS) is 14.1. The van der Waals surface area contributed by atoms with Gasteiger partial charge in [-0.2, -0.15) is 0 Å². The zero-order valence-electron chi connectivity index (χ0n) is 21.5. The van der Waals surface area contributed by atoms with Crippen molar-refractivity contribution in [3.63, 3.8) is 0 Å². The number of carbonyl (C=O) groups excluding carboxylic acids is 1. The number of aryl methyl sites for hydroxylation is 1. The predicted octanol–water partition coefficient (Wildman–Crippen LogP) is 5.75. The summed E-state index contributed by atoms with van der Waals surface area (Å²) in [6.45, 7) is 3.88. The Morgan fingerprint density at radius 3 is 2.59 bits per heavy atom. The van der Waals surface area contributed by atoms with Crippen LogP contribution in [0.1, 0.15) is 23.3 Å². The van der Waals surface area contributed by atoms with Gasteiger partial charge in [-0.25, -0.2) is 24.1 Å². The van der Waals surface area contributed by atoms with Crippen molar-refractivity contribution in [3.05, 3.63) is 89.3 Å². The maximum atomic E-state index is 13.6. The first-order chi connectivity index (χ1) is 19.0. The second-order valence-electron chi connectivity index (χ2n) is 9.63. The van der Waals surface area contributed by atoms with Gasteiger partial charge in [0.1, 0.15) is 11.5 Å². The molecule has 1 aliphatic heterocycles. The number of piperidine rings is 1. The molecular weight excluding hydrogens is 513 g/mol. The summed E-state index contributed by atoms with van der Waals surface area (Å²) in [5.41, 5.74) is 4.23. The van der Waals surface area contributed by atoms with E-state index in [1.54, 1.807) is 29.7 Å². The third-order valence-electron chi connectivity index (χ3n) is 6.86. The van der Waals surface area contributed by atoms with Gasteiger partial charge in [-0.3, -0.25) is 4.40 Å². The third-order valence-corrected chi connectivity index (χ3v) is 7.76. The highest BCUT2D eigenvalue weighted by molar-refractivity contribution is 7.17. The van der Waals surface area contributed by atoms with Crippen molar-refractivity contribution in [1.82, 2.24) is 29.6 Å². The summed E-state index contributed by atoms with van der Waals surface area (Å²) in [5, 5.41) is 6.47. The fourth-order valence-corrected chi connectivity index (χ4v) is 5.69. The lowest BCUT2D eigenvalue weighted by Crippen LogP contribution is -2.46. The summed E-state index contributed by atoms with van der Waals surface area (Å²) in [6, 6.07) is 18.3. The number of nitrogens with zero attached hydrogens (tertiary/aromatic N) is 5. The molecule has 1 fully saturated rings. The van der Waals surface area contributed by atoms with Crippen LogP contribution in [0.3, 0.4) is 0 Å². The Hall–Kier alpha value is -4.31. The van der Waals surface area contributed by atoms with Gasteiger partial charge in [0.15, 0.2) is 4.96 Å². The number of nitrogens with one attached hydrogen (secondary N) is 2. The second kappa shape index (κ2) is 10.8. The number of thiazole rings is 1. The summed E-state index contributed by atoms with van der Waals surface area (Å²) in [5.74, 6) is 0.247. The highest BCUT2D eigenvalue weighted by Crippen LogP contribution is 2.34. The number of aromatic nitrogens is 4. The predicted molar refractivity (Wildman–Crippen MR) is 151 cm³/mol. The van der Waals surface area contributed by atoms with Gasteiger partial charge in [0.25, 0.3) is 0 Å². The first-order valence-corrected chi connectivity index (χ1v) is 13.8. The van der Waals surface area contributed by atoms with Crippen molar-refractivity contribution in [3.8, 4) is 22.6 Å². The number of hydrogen-bond donors (Lipinski definition) is 2. The van der Waals surface area contributed by atoms with Crippen LogP contribution in [0.4, 0.5) is 15.1 Å². The summed E-state index contributed by atoms with van der Waals surface area (Å²) in [6.07, 6.45) is 5.38. The lowest BCUT2D eigenvalue weighted by Gasteiger charge is -2.32. The molecule has 0 spiro atoms. The van der Waals surface area contributed by atoms with Gasteiger partial charge in [0.2, 0.25) is 5.95 Å². The molecule has 2 aromatic carbocycles. The highest BCUT2D eigenvalue weighted by Gasteiger charge is 2.24. The minimum absolute atomic E-state index is 0.0420. The monoisotopic (exact) mass is 541 g/mol. The largest absolute Gasteiger partial charge is 0.351 e. The van der Waals surface area contributed by atoms with Gasteiger partial charge in [-0.1, -0.05) is 30.3 Å². The molecule has 8 nitrogen and oxygen atoms in total. The van der Waals surface area contributed by atoms with Crippen molar-refractivity contribution in [1.29, 1.82) is 0 Å². The quantitative estimate of drug-likeness (QED) is 0.286. The van der Waals surface area contributed by atoms with Crippen LogP contribution in [0, 0.1) is 12.7 Å². The number of amides is 2. The lowest BCUT2D eigenvalue weighted by molar-refractivity contribution is 0.183. The molecule has 4 heterocycles. The first-order valence-electron chi connectivity index (χ1n) is 12.9. The van der Waals surface area contributed by atoms with E-state index in [0.717, 1.165) is 50.9 Å². The fourth-order valence-electron chi connectivity index (χ4n) is 4.86. The van der Waals surface area contributed by atoms with Gasteiger partial charge in [-0.15, -0.1) is 11.3 Å². The number of carbonyl (C=O) groups is 1. The van der Waals surface area contributed by atoms with Gasteiger partial charge in [0, 0.05) is 48.5 Å². The SMILES string of the molecule is Cc1cn2c(-c3ccnc(NC4CCN(C(=O)NCc5ccccc5)CC4)n3)c(-c3ccc(F)cc3)nc2s1. The second-order valence-corrected chi connectivity index (χ2v) is 10.8. The molecule has 0 unspecified atom stereocenters. The van der Waals surface area contributed by atoms with Crippen LogP contribution < -0.4 is 10.6 Å². The van der Waals surface area contributed by atoms with Crippen LogP contribution in [0.15, 0.2) is 73.1 Å². The summed E-state index contributed by atoms with van der Waals surface area (Å²) in [4.78, 5) is 30.6. The van der Waals surface area contributed by atoms with Gasteiger partial charge in [-0.05, 0) is 55.7 Å². The average molecular weight is 542 g/mol. The van der Waals surface area contributed by atoms with Crippen molar-refractivity contribution in [2.24, 2.45) is 0 Å². The maximum absolute atomic E-state index is 13.6. The first kappa shape index (κ1) is 25.0. The number of imidazole rings is 1. The van der Waals surface area contributed by atoms with E-state index >= 15 is 0 Å². The van der Waals surface area contributed by atoms with Crippen molar-refractivity contribution in [2.45, 2.75) is 32.4 Å². The number of anilines is 1. The van der Waals surface area contributed by atoms with Gasteiger partial charge in [0.05, 0.1) is 11.4 Å². The average Bonchev–Trinajstić information content (AvgIpc) is 3.49. The molecule has 1 aliphatic rings. The van der Waals surface area contributed by atoms with Crippen molar-refractivity contribution >= 4 is 28.3 Å². The van der Waals surface area contributed by atoms with E-state index in [-0.39, 0.29) is 17.9 Å². The van der Waals surface area contributed by atoms with Crippen LogP contribution in [0.25, 0.3) is 27.6 Å². The van der Waals surface area contributed by atoms with E-state index in [2.05, 4.69) is 15.6 Å². The van der Waals surface area contributed by atoms with E-state index < -0.39 is 0 Å². The Kier molecular flexibility index (Phi) is 6.93. The number of rotatable bonds is 6. The van der Waals surface area contributed by atoms with Crippen LogP contribution in [-0.2, 0) is 6.54 Å². The molecule has 2 N–H and O–H groups in total. The molecular formula is C29H28FN7OS. The molecule has 10 heteroatoms. The van der Waals surface area contributed by atoms with E-state index in [4.69, 9.17) is 9.97 Å². The number of fused-ring (bicyclic) bond motifs is 1. The smallest absolute Gasteiger partial charge is 0.317 e. The number of likely N-dealkylation sites (tertiary alicyclic amines) is 1. The summed E-state index contributed by atoms with van der Waals surface area (Å²) in [7, 11) is 0. The molecule has 0 bridgehead atoms. The number of urea groups is 1. The minimum Gasteiger partial charge on any atom is -0.351 e. The van der Waals surface area contributed by atoms with Crippen LogP contribution in [0.2, 0.25) is 0 Å². The van der Waals surface area contributed by atoms with Crippen LogP contribution in [0.5, 0.6) is 0 Å². The number of benzene rings is 2. The molecule has 0 atom stereocenters. The Labute approximate surface area is 229 Å². The molecule has 2 amide bonds. The molecule has 0 saturated carbocycles. The number of hydrogen-bond acceptors (Lipinski definition) is 6. The standard InChI is InChI=1S/C29H28FN7OS/c1-19-18-37-26(25(35-29(37)39-19)21-7-9-22(30)10-8-21)24-11-14-31-27(34-24)33-23-12-15-36(16-13-23)28(38)32-17-20-5-3-2-4-6-20/h2-11,14,18,23H,12-13,15-17H2,1H3,(H,32,38)(H,31,33,34). The van der Waals surface area contributed by atoms with Gasteiger partial charge < -0.3 is 15.5 Å². The Bertz CT molecular complexity index is 1590. The third kappa shape index (κ3) is 5.46. The minimum atomic E-state index is -0.287. The molecule has 0 radical (unpaired) electrons. The zero-order chi connectivity index (χ0) is 26.8. The molecule has 5 aromatic rings. The van der Waals surface area contributed by atoms with Crippen LogP contribution >= 0.6 is 11.3 Å². The molecule has 3 aromatic heterocycles. The van der Waals surface area contributed by atoms with Gasteiger partial charge >= 0.3 is 6.03 Å². The highest BCUT2D eigenvalue weighted by atomic mass is 32.1. The molecule has 6 rings (SSSR count). The maximum Gasteiger partial charge on any atom is 0.317 e. The Morgan fingerprint density at radius 2 is 1.82 bits per heavy atom. The van der Waals surface area contributed by atoms with Crippen molar-refractivity contribution in [2.75, 3.05) is 18.4 Å². The molecule has 1 saturated heterocycles.